The number of anilines is 2. The first-order chi connectivity index (χ1) is 16.1. The molecule has 4 rings (SSSR count). The van der Waals surface area contributed by atoms with Gasteiger partial charge in [-0.3, -0.25) is 9.78 Å². The molecule has 1 amide bonds. The number of halogens is 3. The molecule has 0 saturated heterocycles. The van der Waals surface area contributed by atoms with Gasteiger partial charge in [0.1, 0.15) is 0 Å². The van der Waals surface area contributed by atoms with E-state index in [1.807, 2.05) is 24.4 Å². The van der Waals surface area contributed by atoms with Crippen LogP contribution in [0.2, 0.25) is 0 Å². The molecule has 0 spiro atoms. The van der Waals surface area contributed by atoms with Crippen LogP contribution in [0.5, 0.6) is 0 Å². The first kappa shape index (κ1) is 23.7. The summed E-state index contributed by atoms with van der Waals surface area (Å²) in [5.74, 6) is -0.470. The van der Waals surface area contributed by atoms with Crippen LogP contribution in [-0.2, 0) is 0 Å². The smallest absolute Gasteiger partial charge is 0.331 e. The molecule has 0 saturated carbocycles. The van der Waals surface area contributed by atoms with Crippen LogP contribution >= 0.6 is 11.3 Å². The number of nitrogens with one attached hydrogen (secondary N) is 2. The van der Waals surface area contributed by atoms with Gasteiger partial charge in [0.25, 0.3) is 5.91 Å². The van der Waals surface area contributed by atoms with Crippen LogP contribution in [0, 0.1) is 12.3 Å². The average Bonchev–Trinajstić information content (AvgIpc) is 3.26. The van der Waals surface area contributed by atoms with Crippen molar-refractivity contribution >= 4 is 28.1 Å². The zero-order valence-corrected chi connectivity index (χ0v) is 19.6. The minimum absolute atomic E-state index is 0.217. The summed E-state index contributed by atoms with van der Waals surface area (Å²) in [6.07, 6.45) is 1.63. The zero-order chi connectivity index (χ0) is 24.5. The fraction of sp³-hybridized carbons (Fsp3) is 0.240. The first-order valence-corrected chi connectivity index (χ1v) is 11.4. The summed E-state index contributed by atoms with van der Waals surface area (Å²) in [6, 6.07) is 8.86. The number of hydrogen-bond acceptors (Lipinski definition) is 5. The number of aromatic nitrogens is 2. The monoisotopic (exact) mass is 484 g/mol. The van der Waals surface area contributed by atoms with E-state index in [0.717, 1.165) is 23.7 Å². The number of nitrogens with zero attached hydrogens (tertiary/aromatic N) is 2. The molecule has 1 aromatic carbocycles. The number of carbonyl (C=O) groups is 1. The van der Waals surface area contributed by atoms with E-state index in [1.165, 1.54) is 30.4 Å². The second-order valence-corrected chi connectivity index (χ2v) is 9.29. The Morgan fingerprint density at radius 2 is 1.97 bits per heavy atom. The molecule has 0 aliphatic heterocycles. The summed E-state index contributed by atoms with van der Waals surface area (Å²) in [6.45, 7) is 4.50. The van der Waals surface area contributed by atoms with Crippen LogP contribution in [0.15, 0.2) is 71.5 Å². The van der Waals surface area contributed by atoms with Crippen molar-refractivity contribution in [3.63, 3.8) is 0 Å². The fourth-order valence-electron chi connectivity index (χ4n) is 3.61. The summed E-state index contributed by atoms with van der Waals surface area (Å²) in [5.41, 5.74) is 2.03. The Kier molecular flexibility index (Phi) is 6.31. The van der Waals surface area contributed by atoms with Crippen molar-refractivity contribution in [1.82, 2.24) is 15.3 Å². The first-order valence-electron chi connectivity index (χ1n) is 10.6. The molecular formula is C25H23F3N4OS. The van der Waals surface area contributed by atoms with E-state index in [2.05, 4.69) is 20.6 Å². The molecule has 1 unspecified atom stereocenters. The summed E-state index contributed by atoms with van der Waals surface area (Å²) >= 11 is 1.42. The van der Waals surface area contributed by atoms with E-state index in [0.29, 0.717) is 16.4 Å². The predicted octanol–water partition coefficient (Wildman–Crippen LogP) is 6.79. The van der Waals surface area contributed by atoms with Crippen molar-refractivity contribution in [3.8, 4) is 11.3 Å². The Balaban J connectivity index is 1.50. The second kappa shape index (κ2) is 9.06. The number of aryl methyl sites for hydroxylation is 1. The summed E-state index contributed by atoms with van der Waals surface area (Å²) in [7, 11) is 0. The number of benzene rings is 1. The Morgan fingerprint density at radius 1 is 1.18 bits per heavy atom. The molecule has 3 aromatic rings. The van der Waals surface area contributed by atoms with E-state index in [1.54, 1.807) is 30.6 Å². The molecule has 2 N–H and O–H groups in total. The van der Waals surface area contributed by atoms with Gasteiger partial charge in [0.15, 0.2) is 5.13 Å². The Labute approximate surface area is 199 Å². The lowest BCUT2D eigenvalue weighted by Gasteiger charge is -2.36. The molecule has 1 atom stereocenters. The molecule has 9 heteroatoms. The van der Waals surface area contributed by atoms with E-state index in [9.17, 15) is 18.0 Å². The molecule has 0 bridgehead atoms. The van der Waals surface area contributed by atoms with Gasteiger partial charge in [0.2, 0.25) is 0 Å². The Morgan fingerprint density at radius 3 is 2.68 bits per heavy atom. The van der Waals surface area contributed by atoms with E-state index < -0.39 is 17.5 Å². The van der Waals surface area contributed by atoms with Gasteiger partial charge >= 0.3 is 6.18 Å². The SMILES string of the molecule is CC1=CC=C(NC(=O)c2ccc(C)c(Nc3nc(-c4cccnc4)cs3)c2)CC1(C)C(F)(F)F. The number of allylic oxidation sites excluding steroid dienone is 4. The third-order valence-electron chi connectivity index (χ3n) is 6.05. The maximum atomic E-state index is 13.6. The van der Waals surface area contributed by atoms with Gasteiger partial charge in [0, 0.05) is 46.7 Å². The van der Waals surface area contributed by atoms with Crippen molar-refractivity contribution in [2.45, 2.75) is 33.4 Å². The lowest BCUT2D eigenvalue weighted by molar-refractivity contribution is -0.204. The largest absolute Gasteiger partial charge is 0.398 e. The molecule has 34 heavy (non-hydrogen) atoms. The number of hydrogen-bond donors (Lipinski definition) is 2. The number of pyridine rings is 1. The molecule has 2 aromatic heterocycles. The molecule has 2 heterocycles. The molecule has 176 valence electrons. The maximum absolute atomic E-state index is 13.6. The number of carbonyl (C=O) groups excluding carboxylic acids is 1. The van der Waals surface area contributed by atoms with Crippen molar-refractivity contribution in [2.75, 3.05) is 5.32 Å². The highest BCUT2D eigenvalue weighted by Crippen LogP contribution is 2.49. The lowest BCUT2D eigenvalue weighted by atomic mass is 9.75. The van der Waals surface area contributed by atoms with E-state index >= 15 is 0 Å². The number of thiazole rings is 1. The minimum Gasteiger partial charge on any atom is -0.331 e. The quantitative estimate of drug-likeness (QED) is 0.418. The van der Waals surface area contributed by atoms with Crippen LogP contribution in [0.4, 0.5) is 24.0 Å². The van der Waals surface area contributed by atoms with E-state index in [4.69, 9.17) is 0 Å². The van der Waals surface area contributed by atoms with Crippen molar-refractivity contribution in [2.24, 2.45) is 5.41 Å². The standard InChI is InChI=1S/C25H23F3N4OS/c1-15-6-8-17(22(33)30-19-9-7-16(2)24(3,12-19)25(26,27)28)11-20(15)31-23-32-21(14-34-23)18-5-4-10-29-13-18/h4-11,13-14H,12H2,1-3H3,(H,30,33)(H,31,32). The van der Waals surface area contributed by atoms with Gasteiger partial charge in [0.05, 0.1) is 11.1 Å². The minimum atomic E-state index is -4.42. The second-order valence-electron chi connectivity index (χ2n) is 8.44. The Bertz CT molecular complexity index is 1280. The molecular weight excluding hydrogens is 461 g/mol. The molecule has 0 radical (unpaired) electrons. The van der Waals surface area contributed by atoms with Crippen molar-refractivity contribution in [3.05, 3.63) is 82.7 Å². The third-order valence-corrected chi connectivity index (χ3v) is 6.81. The van der Waals surface area contributed by atoms with Gasteiger partial charge in [-0.25, -0.2) is 4.98 Å². The highest BCUT2D eigenvalue weighted by molar-refractivity contribution is 7.14. The van der Waals surface area contributed by atoms with E-state index in [-0.39, 0.29) is 17.7 Å². The van der Waals surface area contributed by atoms with Crippen LogP contribution in [0.3, 0.4) is 0 Å². The highest BCUT2D eigenvalue weighted by Gasteiger charge is 2.53. The van der Waals surface area contributed by atoms with Crippen LogP contribution in [-0.4, -0.2) is 22.1 Å². The lowest BCUT2D eigenvalue weighted by Crippen LogP contribution is -2.40. The zero-order valence-electron chi connectivity index (χ0n) is 18.8. The predicted molar refractivity (Wildman–Crippen MR) is 128 cm³/mol. The van der Waals surface area contributed by atoms with Crippen LogP contribution < -0.4 is 10.6 Å². The molecule has 1 aliphatic carbocycles. The molecule has 5 nitrogen and oxygen atoms in total. The topological polar surface area (TPSA) is 66.9 Å². The summed E-state index contributed by atoms with van der Waals surface area (Å²) < 4.78 is 40.9. The van der Waals surface area contributed by atoms with Crippen molar-refractivity contribution < 1.29 is 18.0 Å². The average molecular weight is 485 g/mol. The van der Waals surface area contributed by atoms with Gasteiger partial charge < -0.3 is 10.6 Å². The van der Waals surface area contributed by atoms with Crippen LogP contribution in [0.1, 0.15) is 36.2 Å². The Hall–Kier alpha value is -3.46. The normalized spacial score (nSPS) is 18.2. The van der Waals surface area contributed by atoms with Gasteiger partial charge in [-0.05, 0) is 56.7 Å². The van der Waals surface area contributed by atoms with Gasteiger partial charge in [-0.15, -0.1) is 11.3 Å². The molecule has 1 aliphatic rings. The number of rotatable bonds is 5. The number of alkyl halides is 3. The van der Waals surface area contributed by atoms with Gasteiger partial charge in [-0.2, -0.15) is 13.2 Å². The van der Waals surface area contributed by atoms with Crippen LogP contribution in [0.25, 0.3) is 11.3 Å². The fourth-order valence-corrected chi connectivity index (χ4v) is 4.34. The summed E-state index contributed by atoms with van der Waals surface area (Å²) in [4.78, 5) is 21.5. The maximum Gasteiger partial charge on any atom is 0.398 e. The number of amides is 1. The van der Waals surface area contributed by atoms with Gasteiger partial charge in [-0.1, -0.05) is 17.7 Å². The highest BCUT2D eigenvalue weighted by atomic mass is 32.1. The molecule has 0 fully saturated rings. The third kappa shape index (κ3) is 4.75. The summed E-state index contributed by atoms with van der Waals surface area (Å²) in [5, 5.41) is 8.44. The van der Waals surface area contributed by atoms with Crippen molar-refractivity contribution in [1.29, 1.82) is 0 Å².